The van der Waals surface area contributed by atoms with Crippen LogP contribution >= 0.6 is 0 Å². The molecule has 164 valence electrons. The van der Waals surface area contributed by atoms with Gasteiger partial charge in [-0.25, -0.2) is 9.97 Å². The SMILES string of the molecule is CCCCNc1ncnc2c1c(-c1ccccc1)c(-c1ccccc1)n2Cc1ccccc1. The minimum absolute atomic E-state index is 0.736. The molecule has 0 bridgehead atoms. The van der Waals surface area contributed by atoms with E-state index in [1.807, 2.05) is 0 Å². The molecule has 0 spiro atoms. The van der Waals surface area contributed by atoms with Gasteiger partial charge in [0, 0.05) is 18.7 Å². The molecule has 0 aliphatic rings. The normalized spacial score (nSPS) is 11.1. The summed E-state index contributed by atoms with van der Waals surface area (Å²) in [5, 5.41) is 4.67. The van der Waals surface area contributed by atoms with Crippen molar-refractivity contribution in [2.45, 2.75) is 26.3 Å². The van der Waals surface area contributed by atoms with Crippen LogP contribution in [0.2, 0.25) is 0 Å². The Kier molecular flexibility index (Phi) is 6.16. The van der Waals surface area contributed by atoms with Crippen LogP contribution in [0, 0.1) is 0 Å². The summed E-state index contributed by atoms with van der Waals surface area (Å²) in [6.07, 6.45) is 3.92. The third-order valence-corrected chi connectivity index (χ3v) is 5.96. The van der Waals surface area contributed by atoms with Gasteiger partial charge in [0.1, 0.15) is 17.8 Å². The summed E-state index contributed by atoms with van der Waals surface area (Å²) in [4.78, 5) is 9.49. The summed E-state index contributed by atoms with van der Waals surface area (Å²) < 4.78 is 2.34. The van der Waals surface area contributed by atoms with Gasteiger partial charge >= 0.3 is 0 Å². The monoisotopic (exact) mass is 432 g/mol. The number of nitrogens with one attached hydrogen (secondary N) is 1. The van der Waals surface area contributed by atoms with Crippen molar-refractivity contribution in [3.63, 3.8) is 0 Å². The average molecular weight is 433 g/mol. The quantitative estimate of drug-likeness (QED) is 0.268. The van der Waals surface area contributed by atoms with E-state index >= 15 is 0 Å². The van der Waals surface area contributed by atoms with Crippen LogP contribution in [-0.2, 0) is 6.54 Å². The van der Waals surface area contributed by atoms with E-state index in [2.05, 4.69) is 113 Å². The first-order valence-electron chi connectivity index (χ1n) is 11.6. The number of benzene rings is 3. The molecule has 0 atom stereocenters. The molecule has 1 N–H and O–H groups in total. The number of nitrogens with zero attached hydrogens (tertiary/aromatic N) is 3. The molecule has 0 aliphatic carbocycles. The van der Waals surface area contributed by atoms with Crippen LogP contribution in [0.15, 0.2) is 97.3 Å². The molecule has 0 unspecified atom stereocenters. The first kappa shape index (κ1) is 21.0. The predicted octanol–water partition coefficient (Wildman–Crippen LogP) is 7.03. The molecule has 2 aromatic heterocycles. The van der Waals surface area contributed by atoms with Gasteiger partial charge in [0.05, 0.1) is 11.1 Å². The zero-order valence-electron chi connectivity index (χ0n) is 18.9. The molecule has 4 heteroatoms. The van der Waals surface area contributed by atoms with Gasteiger partial charge in [-0.15, -0.1) is 0 Å². The standard InChI is InChI=1S/C29H28N4/c1-2-3-19-30-28-26-25(23-15-9-5-10-16-23)27(24-17-11-6-12-18-24)33(29(26)32-21-31-28)20-22-13-7-4-8-14-22/h4-18,21H,2-3,19-20H2,1H3,(H,30,31,32). The Balaban J connectivity index is 1.83. The molecular weight excluding hydrogens is 404 g/mol. The van der Waals surface area contributed by atoms with E-state index in [0.29, 0.717) is 0 Å². The maximum atomic E-state index is 4.81. The van der Waals surface area contributed by atoms with Gasteiger partial charge in [-0.3, -0.25) is 0 Å². The Morgan fingerprint density at radius 2 is 1.39 bits per heavy atom. The van der Waals surface area contributed by atoms with Crippen LogP contribution < -0.4 is 5.32 Å². The number of aromatic nitrogens is 3. The van der Waals surface area contributed by atoms with Crippen LogP contribution in [0.4, 0.5) is 5.82 Å². The van der Waals surface area contributed by atoms with Crippen molar-refractivity contribution >= 4 is 16.9 Å². The van der Waals surface area contributed by atoms with Gasteiger partial charge in [-0.1, -0.05) is 104 Å². The van der Waals surface area contributed by atoms with E-state index < -0.39 is 0 Å². The second-order valence-electron chi connectivity index (χ2n) is 8.23. The van der Waals surface area contributed by atoms with Crippen LogP contribution in [0.5, 0.6) is 0 Å². The average Bonchev–Trinajstić information content (AvgIpc) is 3.21. The van der Waals surface area contributed by atoms with Crippen molar-refractivity contribution in [3.8, 4) is 22.4 Å². The van der Waals surface area contributed by atoms with E-state index in [0.717, 1.165) is 42.8 Å². The fourth-order valence-electron chi connectivity index (χ4n) is 4.39. The van der Waals surface area contributed by atoms with Crippen LogP contribution in [-0.4, -0.2) is 21.1 Å². The Morgan fingerprint density at radius 1 is 0.758 bits per heavy atom. The van der Waals surface area contributed by atoms with Gasteiger partial charge in [0.2, 0.25) is 0 Å². The minimum atomic E-state index is 0.736. The summed E-state index contributed by atoms with van der Waals surface area (Å²) in [7, 11) is 0. The summed E-state index contributed by atoms with van der Waals surface area (Å²) in [5.74, 6) is 0.899. The third-order valence-electron chi connectivity index (χ3n) is 5.96. The lowest BCUT2D eigenvalue weighted by molar-refractivity contribution is 0.826. The summed E-state index contributed by atoms with van der Waals surface area (Å²) in [6, 6.07) is 31.8. The lowest BCUT2D eigenvalue weighted by Gasteiger charge is -2.13. The Hall–Kier alpha value is -3.92. The van der Waals surface area contributed by atoms with E-state index in [1.165, 1.54) is 27.9 Å². The zero-order chi connectivity index (χ0) is 22.5. The highest BCUT2D eigenvalue weighted by atomic mass is 15.1. The minimum Gasteiger partial charge on any atom is -0.369 e. The molecule has 0 amide bonds. The molecule has 0 fully saturated rings. The topological polar surface area (TPSA) is 42.7 Å². The molecule has 3 aromatic carbocycles. The van der Waals surface area contributed by atoms with Crippen molar-refractivity contribution in [2.24, 2.45) is 0 Å². The van der Waals surface area contributed by atoms with Gasteiger partial charge in [-0.2, -0.15) is 0 Å². The number of rotatable bonds is 8. The molecule has 0 aliphatic heterocycles. The first-order valence-corrected chi connectivity index (χ1v) is 11.6. The Labute approximate surface area is 195 Å². The molecule has 5 aromatic rings. The number of hydrogen-bond donors (Lipinski definition) is 1. The zero-order valence-corrected chi connectivity index (χ0v) is 18.9. The third kappa shape index (κ3) is 4.24. The first-order chi connectivity index (χ1) is 16.4. The highest BCUT2D eigenvalue weighted by molar-refractivity contribution is 6.08. The molecule has 5 rings (SSSR count). The largest absolute Gasteiger partial charge is 0.369 e. The van der Waals surface area contributed by atoms with E-state index in [9.17, 15) is 0 Å². The number of fused-ring (bicyclic) bond motifs is 1. The second kappa shape index (κ2) is 9.70. The van der Waals surface area contributed by atoms with Crippen LogP contribution in [0.1, 0.15) is 25.3 Å². The fourth-order valence-corrected chi connectivity index (χ4v) is 4.39. The molecule has 2 heterocycles. The molecular formula is C29H28N4. The Morgan fingerprint density at radius 3 is 2.06 bits per heavy atom. The Bertz CT molecular complexity index is 1330. The predicted molar refractivity (Wildman–Crippen MR) is 137 cm³/mol. The second-order valence-corrected chi connectivity index (χ2v) is 8.23. The smallest absolute Gasteiger partial charge is 0.146 e. The summed E-state index contributed by atoms with van der Waals surface area (Å²) >= 11 is 0. The summed E-state index contributed by atoms with van der Waals surface area (Å²) in [5.41, 5.74) is 6.87. The van der Waals surface area contributed by atoms with E-state index in [-0.39, 0.29) is 0 Å². The molecule has 33 heavy (non-hydrogen) atoms. The molecule has 0 saturated heterocycles. The number of hydrogen-bond acceptors (Lipinski definition) is 3. The lowest BCUT2D eigenvalue weighted by atomic mass is 9.99. The lowest BCUT2D eigenvalue weighted by Crippen LogP contribution is -2.05. The maximum absolute atomic E-state index is 4.81. The highest BCUT2D eigenvalue weighted by Gasteiger charge is 2.24. The number of anilines is 1. The fraction of sp³-hybridized carbons (Fsp3) is 0.172. The molecule has 4 nitrogen and oxygen atoms in total. The summed E-state index contributed by atoms with van der Waals surface area (Å²) in [6.45, 7) is 3.83. The van der Waals surface area contributed by atoms with Crippen molar-refractivity contribution in [3.05, 3.63) is 103 Å². The van der Waals surface area contributed by atoms with Gasteiger partial charge in [-0.05, 0) is 23.1 Å². The van der Waals surface area contributed by atoms with Crippen molar-refractivity contribution < 1.29 is 0 Å². The van der Waals surface area contributed by atoms with Crippen molar-refractivity contribution in [2.75, 3.05) is 11.9 Å². The number of unbranched alkanes of at least 4 members (excludes halogenated alkanes) is 1. The molecule has 0 radical (unpaired) electrons. The van der Waals surface area contributed by atoms with Crippen LogP contribution in [0.25, 0.3) is 33.4 Å². The van der Waals surface area contributed by atoms with Crippen LogP contribution in [0.3, 0.4) is 0 Å². The van der Waals surface area contributed by atoms with Gasteiger partial charge < -0.3 is 9.88 Å². The van der Waals surface area contributed by atoms with Gasteiger partial charge in [0.15, 0.2) is 0 Å². The highest BCUT2D eigenvalue weighted by Crippen LogP contribution is 2.43. The molecule has 0 saturated carbocycles. The van der Waals surface area contributed by atoms with E-state index in [1.54, 1.807) is 6.33 Å². The van der Waals surface area contributed by atoms with E-state index in [4.69, 9.17) is 4.98 Å². The van der Waals surface area contributed by atoms with Crippen molar-refractivity contribution in [1.82, 2.24) is 14.5 Å². The maximum Gasteiger partial charge on any atom is 0.146 e. The van der Waals surface area contributed by atoms with Crippen molar-refractivity contribution in [1.29, 1.82) is 0 Å². The van der Waals surface area contributed by atoms with Gasteiger partial charge in [0.25, 0.3) is 0 Å².